The quantitative estimate of drug-likeness (QED) is 0.870. The van der Waals surface area contributed by atoms with E-state index in [4.69, 9.17) is 11.6 Å². The molecule has 1 atom stereocenters. The maximum atomic E-state index is 11.9. The molecule has 0 amide bonds. The fourth-order valence-corrected chi connectivity index (χ4v) is 2.58. The van der Waals surface area contributed by atoms with Crippen LogP contribution in [-0.4, -0.2) is 11.3 Å². The van der Waals surface area contributed by atoms with Gasteiger partial charge in [-0.05, 0) is 22.0 Å². The number of rotatable bonds is 2. The van der Waals surface area contributed by atoms with E-state index in [0.29, 0.717) is 8.81 Å². The minimum absolute atomic E-state index is 0.208. The van der Waals surface area contributed by atoms with Gasteiger partial charge in [-0.3, -0.25) is 0 Å². The van der Waals surface area contributed by atoms with Crippen molar-refractivity contribution < 1.29 is 18.3 Å². The number of thiophene rings is 1. The Labute approximate surface area is 95.6 Å². The Hall–Kier alpha value is 0.220. The molecule has 1 N–H and O–H groups in total. The second kappa shape index (κ2) is 4.38. The summed E-state index contributed by atoms with van der Waals surface area (Å²) >= 11 is 9.67. The van der Waals surface area contributed by atoms with Crippen molar-refractivity contribution >= 4 is 38.9 Å². The van der Waals surface area contributed by atoms with Gasteiger partial charge in [0.2, 0.25) is 0 Å². The highest BCUT2D eigenvalue weighted by Crippen LogP contribution is 2.38. The van der Waals surface area contributed by atoms with Crippen LogP contribution in [0.25, 0.3) is 0 Å². The zero-order chi connectivity index (χ0) is 10.9. The van der Waals surface area contributed by atoms with Gasteiger partial charge < -0.3 is 5.11 Å². The molecule has 1 aromatic rings. The lowest BCUT2D eigenvalue weighted by Gasteiger charge is -2.10. The van der Waals surface area contributed by atoms with E-state index >= 15 is 0 Å². The summed E-state index contributed by atoms with van der Waals surface area (Å²) in [5.41, 5.74) is 0. The number of aliphatic hydroxyl groups excluding tert-OH is 1. The maximum absolute atomic E-state index is 11.9. The molecule has 0 saturated heterocycles. The van der Waals surface area contributed by atoms with E-state index in [1.54, 1.807) is 0 Å². The highest BCUT2D eigenvalue weighted by molar-refractivity contribution is 9.11. The molecule has 0 saturated carbocycles. The van der Waals surface area contributed by atoms with Gasteiger partial charge in [-0.15, -0.1) is 11.3 Å². The molecule has 7 heteroatoms. The Morgan fingerprint density at radius 2 is 2.14 bits per heavy atom. The van der Waals surface area contributed by atoms with Crippen LogP contribution in [0.15, 0.2) is 9.85 Å². The summed E-state index contributed by atoms with van der Waals surface area (Å²) in [5, 5.41) is 9.52. The first kappa shape index (κ1) is 12.3. The van der Waals surface area contributed by atoms with Crippen LogP contribution < -0.4 is 0 Å². The van der Waals surface area contributed by atoms with Crippen LogP contribution in [0.4, 0.5) is 13.2 Å². The van der Waals surface area contributed by atoms with Crippen LogP contribution in [-0.2, 0) is 0 Å². The van der Waals surface area contributed by atoms with Crippen molar-refractivity contribution in [2.24, 2.45) is 0 Å². The molecule has 1 heterocycles. The first-order valence-electron chi connectivity index (χ1n) is 3.49. The Bertz CT molecular complexity index is 306. The minimum Gasteiger partial charge on any atom is -0.387 e. The van der Waals surface area contributed by atoms with E-state index in [-0.39, 0.29) is 4.88 Å². The summed E-state index contributed by atoms with van der Waals surface area (Å²) in [6.07, 6.45) is -7.16. The van der Waals surface area contributed by atoms with E-state index in [0.717, 1.165) is 11.3 Å². The topological polar surface area (TPSA) is 20.2 Å². The molecule has 80 valence electrons. The van der Waals surface area contributed by atoms with Crippen LogP contribution in [0.1, 0.15) is 17.4 Å². The third-order valence-electron chi connectivity index (χ3n) is 1.42. The van der Waals surface area contributed by atoms with Gasteiger partial charge in [-0.25, -0.2) is 0 Å². The number of hydrogen-bond acceptors (Lipinski definition) is 2. The Morgan fingerprint density at radius 3 is 2.50 bits per heavy atom. The summed E-state index contributed by atoms with van der Waals surface area (Å²) in [6, 6.07) is 1.33. The highest BCUT2D eigenvalue weighted by atomic mass is 79.9. The van der Waals surface area contributed by atoms with Crippen LogP contribution in [0.2, 0.25) is 5.02 Å². The summed E-state index contributed by atoms with van der Waals surface area (Å²) in [5.74, 6) is 0. The molecule has 0 radical (unpaired) electrons. The van der Waals surface area contributed by atoms with Crippen LogP contribution in [0.3, 0.4) is 0 Å². The van der Waals surface area contributed by atoms with Crippen molar-refractivity contribution in [1.82, 2.24) is 0 Å². The van der Waals surface area contributed by atoms with Gasteiger partial charge in [-0.1, -0.05) is 11.6 Å². The molecule has 14 heavy (non-hydrogen) atoms. The molecule has 1 nitrogen and oxygen atoms in total. The fourth-order valence-electron chi connectivity index (χ4n) is 0.847. The molecule has 0 aliphatic carbocycles. The van der Waals surface area contributed by atoms with E-state index in [9.17, 15) is 18.3 Å². The highest BCUT2D eigenvalue weighted by Gasteiger charge is 2.32. The third-order valence-corrected chi connectivity index (χ3v) is 3.99. The summed E-state index contributed by atoms with van der Waals surface area (Å²) in [4.78, 5) is 0.208. The third kappa shape index (κ3) is 3.42. The lowest BCUT2D eigenvalue weighted by atomic mass is 10.2. The van der Waals surface area contributed by atoms with Gasteiger partial charge in [-0.2, -0.15) is 13.2 Å². The standard InChI is InChI=1S/C7H5BrClF3OS/c8-6-3(9)1-5(14-6)4(13)2-7(10,11)12/h1,4,13H,2H2. The van der Waals surface area contributed by atoms with Gasteiger partial charge in [0.25, 0.3) is 0 Å². The van der Waals surface area contributed by atoms with Crippen molar-refractivity contribution in [3.8, 4) is 0 Å². The van der Waals surface area contributed by atoms with Crippen molar-refractivity contribution in [2.45, 2.75) is 18.7 Å². The zero-order valence-corrected chi connectivity index (χ0v) is 9.77. The van der Waals surface area contributed by atoms with Gasteiger partial charge in [0.05, 0.1) is 21.3 Å². The number of aliphatic hydroxyl groups is 1. The predicted molar refractivity (Wildman–Crippen MR) is 52.7 cm³/mol. The minimum atomic E-state index is -4.37. The Kier molecular flexibility index (Phi) is 3.85. The molecule has 0 aliphatic rings. The summed E-state index contributed by atoms with van der Waals surface area (Å²) in [7, 11) is 0. The molecule has 1 unspecified atom stereocenters. The molecule has 1 aromatic heterocycles. The SMILES string of the molecule is OC(CC(F)(F)F)c1cc(Cl)c(Br)s1. The molecule has 0 bridgehead atoms. The monoisotopic (exact) mass is 308 g/mol. The number of hydrogen-bond donors (Lipinski definition) is 1. The molecule has 0 fully saturated rings. The lowest BCUT2D eigenvalue weighted by Crippen LogP contribution is -2.12. The largest absolute Gasteiger partial charge is 0.391 e. The predicted octanol–water partition coefficient (Wildman–Crippen LogP) is 4.15. The Balaban J connectivity index is 2.75. The number of alkyl halides is 3. The molecule has 0 spiro atoms. The van der Waals surface area contributed by atoms with Crippen molar-refractivity contribution in [3.63, 3.8) is 0 Å². The van der Waals surface area contributed by atoms with Crippen molar-refractivity contribution in [3.05, 3.63) is 19.8 Å². The van der Waals surface area contributed by atoms with Gasteiger partial charge >= 0.3 is 6.18 Å². The summed E-state index contributed by atoms with van der Waals surface area (Å²) in [6.45, 7) is 0. The normalized spacial score (nSPS) is 14.4. The zero-order valence-electron chi connectivity index (χ0n) is 6.61. The van der Waals surface area contributed by atoms with Gasteiger partial charge in [0, 0.05) is 4.88 Å². The first-order chi connectivity index (χ1) is 6.29. The van der Waals surface area contributed by atoms with E-state index < -0.39 is 18.7 Å². The number of halogens is 5. The van der Waals surface area contributed by atoms with Crippen LogP contribution in [0.5, 0.6) is 0 Å². The smallest absolute Gasteiger partial charge is 0.387 e. The second-order valence-corrected chi connectivity index (χ2v) is 5.41. The second-order valence-electron chi connectivity index (χ2n) is 2.61. The van der Waals surface area contributed by atoms with E-state index in [1.165, 1.54) is 6.07 Å². The molecule has 0 aromatic carbocycles. The van der Waals surface area contributed by atoms with Gasteiger partial charge in [0.1, 0.15) is 0 Å². The van der Waals surface area contributed by atoms with E-state index in [2.05, 4.69) is 15.9 Å². The Morgan fingerprint density at radius 1 is 1.57 bits per heavy atom. The molecule has 1 rings (SSSR count). The van der Waals surface area contributed by atoms with Crippen LogP contribution in [0, 0.1) is 0 Å². The van der Waals surface area contributed by atoms with E-state index in [1.807, 2.05) is 0 Å². The average Bonchev–Trinajstić information content (AvgIpc) is 2.28. The maximum Gasteiger partial charge on any atom is 0.391 e. The van der Waals surface area contributed by atoms with Crippen molar-refractivity contribution in [1.29, 1.82) is 0 Å². The summed E-state index contributed by atoms with van der Waals surface area (Å²) < 4.78 is 36.2. The van der Waals surface area contributed by atoms with Crippen molar-refractivity contribution in [2.75, 3.05) is 0 Å². The van der Waals surface area contributed by atoms with Gasteiger partial charge in [0.15, 0.2) is 0 Å². The van der Waals surface area contributed by atoms with Crippen LogP contribution >= 0.6 is 38.9 Å². The molecular formula is C7H5BrClF3OS. The molecular weight excluding hydrogens is 304 g/mol. The average molecular weight is 310 g/mol. The lowest BCUT2D eigenvalue weighted by molar-refractivity contribution is -0.153. The first-order valence-corrected chi connectivity index (χ1v) is 5.48. The fraction of sp³-hybridized carbons (Fsp3) is 0.429. The molecule has 0 aliphatic heterocycles.